The van der Waals surface area contributed by atoms with Crippen molar-refractivity contribution in [2.24, 2.45) is 12.8 Å². The molecule has 0 saturated heterocycles. The van der Waals surface area contributed by atoms with Crippen LogP contribution in [0.1, 0.15) is 17.4 Å². The summed E-state index contributed by atoms with van der Waals surface area (Å²) in [6.45, 7) is 2.63. The van der Waals surface area contributed by atoms with Crippen LogP contribution in [0.25, 0.3) is 0 Å². The van der Waals surface area contributed by atoms with Gasteiger partial charge in [-0.25, -0.2) is 4.98 Å². The van der Waals surface area contributed by atoms with Crippen molar-refractivity contribution in [3.05, 3.63) is 17.7 Å². The first kappa shape index (κ1) is 10.2. The summed E-state index contributed by atoms with van der Waals surface area (Å²) < 4.78 is 2.03. The monoisotopic (exact) mass is 182 g/mol. The Labute approximate surface area is 79.4 Å². The Morgan fingerprint density at radius 1 is 1.62 bits per heavy atom. The average molecular weight is 182 g/mol. The lowest BCUT2D eigenvalue weighted by Crippen LogP contribution is -2.29. The highest BCUT2D eigenvalue weighted by Gasteiger charge is 2.17. The van der Waals surface area contributed by atoms with E-state index in [4.69, 9.17) is 5.73 Å². The Kier molecular flexibility index (Phi) is 3.06. The van der Waals surface area contributed by atoms with Gasteiger partial charge in [0.2, 0.25) is 0 Å². The third kappa shape index (κ3) is 1.89. The van der Waals surface area contributed by atoms with E-state index in [9.17, 15) is 0 Å². The molecule has 4 heteroatoms. The fraction of sp³-hybridized carbons (Fsp3) is 0.667. The van der Waals surface area contributed by atoms with Crippen LogP contribution >= 0.6 is 0 Å². The number of aryl methyl sites for hydroxylation is 2. The topological polar surface area (TPSA) is 47.1 Å². The number of nitrogens with two attached hydrogens (primary N) is 1. The van der Waals surface area contributed by atoms with Gasteiger partial charge in [0.1, 0.15) is 0 Å². The van der Waals surface area contributed by atoms with Crippen LogP contribution in [0.15, 0.2) is 6.33 Å². The molecule has 0 spiro atoms. The summed E-state index contributed by atoms with van der Waals surface area (Å²) >= 11 is 0. The molecule has 1 aromatic heterocycles. The maximum Gasteiger partial charge on any atom is 0.0949 e. The number of imidazole rings is 1. The maximum absolute atomic E-state index is 5.72. The van der Waals surface area contributed by atoms with Crippen LogP contribution in [0.3, 0.4) is 0 Å². The van der Waals surface area contributed by atoms with Crippen molar-refractivity contribution < 1.29 is 0 Å². The number of aromatic nitrogens is 2. The predicted octanol–water partition coefficient (Wildman–Crippen LogP) is 0.290. The van der Waals surface area contributed by atoms with Gasteiger partial charge in [0, 0.05) is 13.6 Å². The van der Waals surface area contributed by atoms with Crippen molar-refractivity contribution in [1.29, 1.82) is 0 Å². The predicted molar refractivity (Wildman–Crippen MR) is 53.4 cm³/mol. The van der Waals surface area contributed by atoms with Gasteiger partial charge in [0.25, 0.3) is 0 Å². The molecule has 0 radical (unpaired) electrons. The van der Waals surface area contributed by atoms with Crippen molar-refractivity contribution in [1.82, 2.24) is 14.5 Å². The molecule has 0 saturated carbocycles. The minimum absolute atomic E-state index is 0.257. The molecule has 1 heterocycles. The van der Waals surface area contributed by atoms with Gasteiger partial charge in [-0.05, 0) is 21.0 Å². The lowest BCUT2D eigenvalue weighted by atomic mass is 10.1. The van der Waals surface area contributed by atoms with Crippen molar-refractivity contribution in [2.75, 3.05) is 20.6 Å². The van der Waals surface area contributed by atoms with E-state index in [0.29, 0.717) is 6.54 Å². The molecule has 1 atom stereocenters. The average Bonchev–Trinajstić information content (AvgIpc) is 2.36. The molecule has 0 fully saturated rings. The third-order valence-corrected chi connectivity index (χ3v) is 2.34. The fourth-order valence-corrected chi connectivity index (χ4v) is 1.60. The maximum atomic E-state index is 5.72. The molecular formula is C9H18N4. The zero-order valence-corrected chi connectivity index (χ0v) is 8.78. The fourth-order valence-electron chi connectivity index (χ4n) is 1.60. The van der Waals surface area contributed by atoms with E-state index in [1.54, 1.807) is 0 Å². The molecule has 0 aliphatic heterocycles. The van der Waals surface area contributed by atoms with Gasteiger partial charge in [-0.15, -0.1) is 0 Å². The Balaban J connectivity index is 3.03. The number of nitrogens with zero attached hydrogens (tertiary/aromatic N) is 3. The standard InChI is InChI=1S/C9H18N4/c1-7-9(13(4)6-11-7)8(5-10)12(2)3/h6,8H,5,10H2,1-4H3. The zero-order chi connectivity index (χ0) is 10.0. The van der Waals surface area contributed by atoms with E-state index in [0.717, 1.165) is 5.69 Å². The van der Waals surface area contributed by atoms with E-state index in [1.165, 1.54) is 5.69 Å². The lowest BCUT2D eigenvalue weighted by molar-refractivity contribution is 0.294. The highest BCUT2D eigenvalue weighted by molar-refractivity contribution is 5.16. The molecule has 0 amide bonds. The van der Waals surface area contributed by atoms with Gasteiger partial charge in [-0.3, -0.25) is 4.90 Å². The molecule has 1 rings (SSSR count). The van der Waals surface area contributed by atoms with Crippen molar-refractivity contribution in [2.45, 2.75) is 13.0 Å². The van der Waals surface area contributed by atoms with Crippen LogP contribution in [-0.4, -0.2) is 35.1 Å². The highest BCUT2D eigenvalue weighted by atomic mass is 15.2. The van der Waals surface area contributed by atoms with Gasteiger partial charge in [0.05, 0.1) is 23.8 Å². The first-order valence-electron chi connectivity index (χ1n) is 4.42. The largest absolute Gasteiger partial charge is 0.336 e. The smallest absolute Gasteiger partial charge is 0.0949 e. The van der Waals surface area contributed by atoms with Gasteiger partial charge in [0.15, 0.2) is 0 Å². The quantitative estimate of drug-likeness (QED) is 0.731. The highest BCUT2D eigenvalue weighted by Crippen LogP contribution is 2.18. The van der Waals surface area contributed by atoms with Crippen molar-refractivity contribution in [3.8, 4) is 0 Å². The first-order valence-corrected chi connectivity index (χ1v) is 4.42. The summed E-state index contributed by atoms with van der Waals surface area (Å²) in [7, 11) is 6.06. The SMILES string of the molecule is Cc1ncn(C)c1C(CN)N(C)C. The minimum atomic E-state index is 0.257. The number of rotatable bonds is 3. The summed E-state index contributed by atoms with van der Waals surface area (Å²) in [5.41, 5.74) is 7.98. The molecule has 0 bridgehead atoms. The van der Waals surface area contributed by atoms with Crippen LogP contribution < -0.4 is 5.73 Å². The normalized spacial score (nSPS) is 13.7. The second-order valence-electron chi connectivity index (χ2n) is 3.54. The molecule has 2 N–H and O–H groups in total. The molecule has 1 aromatic rings. The number of hydrogen-bond acceptors (Lipinski definition) is 3. The summed E-state index contributed by atoms with van der Waals surface area (Å²) in [6, 6.07) is 0.257. The minimum Gasteiger partial charge on any atom is -0.336 e. The van der Waals surface area contributed by atoms with Crippen molar-refractivity contribution >= 4 is 0 Å². The van der Waals surface area contributed by atoms with E-state index in [-0.39, 0.29) is 6.04 Å². The zero-order valence-electron chi connectivity index (χ0n) is 8.78. The van der Waals surface area contributed by atoms with Crippen LogP contribution in [0.2, 0.25) is 0 Å². The van der Waals surface area contributed by atoms with Crippen LogP contribution in [-0.2, 0) is 7.05 Å². The Morgan fingerprint density at radius 3 is 2.54 bits per heavy atom. The molecule has 0 aliphatic rings. The van der Waals surface area contributed by atoms with Crippen LogP contribution in [0, 0.1) is 6.92 Å². The second-order valence-corrected chi connectivity index (χ2v) is 3.54. The molecule has 1 unspecified atom stereocenters. The molecule has 74 valence electrons. The molecular weight excluding hydrogens is 164 g/mol. The van der Waals surface area contributed by atoms with Gasteiger partial charge in [-0.1, -0.05) is 0 Å². The Morgan fingerprint density at radius 2 is 2.23 bits per heavy atom. The van der Waals surface area contributed by atoms with Gasteiger partial charge >= 0.3 is 0 Å². The number of likely N-dealkylation sites (N-methyl/N-ethyl adjacent to an activating group) is 1. The molecule has 0 aliphatic carbocycles. The van der Waals surface area contributed by atoms with Crippen LogP contribution in [0.4, 0.5) is 0 Å². The third-order valence-electron chi connectivity index (χ3n) is 2.34. The van der Waals surface area contributed by atoms with E-state index < -0.39 is 0 Å². The lowest BCUT2D eigenvalue weighted by Gasteiger charge is -2.23. The van der Waals surface area contributed by atoms with Crippen LogP contribution in [0.5, 0.6) is 0 Å². The van der Waals surface area contributed by atoms with E-state index in [2.05, 4.69) is 9.88 Å². The molecule has 13 heavy (non-hydrogen) atoms. The van der Waals surface area contributed by atoms with E-state index in [1.807, 2.05) is 39.0 Å². The first-order chi connectivity index (χ1) is 6.07. The second kappa shape index (κ2) is 3.89. The summed E-state index contributed by atoms with van der Waals surface area (Å²) in [4.78, 5) is 6.36. The molecule has 4 nitrogen and oxygen atoms in total. The Bertz CT molecular complexity index is 258. The summed E-state index contributed by atoms with van der Waals surface area (Å²) in [5.74, 6) is 0. The Hall–Kier alpha value is -0.870. The van der Waals surface area contributed by atoms with Gasteiger partial charge < -0.3 is 10.3 Å². The van der Waals surface area contributed by atoms with Crippen molar-refractivity contribution in [3.63, 3.8) is 0 Å². The summed E-state index contributed by atoms with van der Waals surface area (Å²) in [5, 5.41) is 0. The number of hydrogen-bond donors (Lipinski definition) is 1. The van der Waals surface area contributed by atoms with E-state index >= 15 is 0 Å². The molecule has 0 aromatic carbocycles. The van der Waals surface area contributed by atoms with Gasteiger partial charge in [-0.2, -0.15) is 0 Å². The summed E-state index contributed by atoms with van der Waals surface area (Å²) in [6.07, 6.45) is 1.83.